The number of hydrogen-bond donors (Lipinski definition) is 1. The summed E-state index contributed by atoms with van der Waals surface area (Å²) in [7, 11) is 0. The fourth-order valence-corrected chi connectivity index (χ4v) is 3.03. The van der Waals surface area contributed by atoms with Crippen LogP contribution < -0.4 is 5.32 Å². The summed E-state index contributed by atoms with van der Waals surface area (Å²) in [5.41, 5.74) is 3.05. The minimum Gasteiger partial charge on any atom is -0.298 e. The van der Waals surface area contributed by atoms with Crippen LogP contribution in [0.3, 0.4) is 0 Å². The van der Waals surface area contributed by atoms with Crippen molar-refractivity contribution in [1.29, 1.82) is 0 Å². The molecule has 5 heteroatoms. The van der Waals surface area contributed by atoms with Crippen molar-refractivity contribution in [3.05, 3.63) is 70.9 Å². The van der Waals surface area contributed by atoms with Crippen molar-refractivity contribution in [3.63, 3.8) is 0 Å². The van der Waals surface area contributed by atoms with Gasteiger partial charge in [-0.1, -0.05) is 50.2 Å². The van der Waals surface area contributed by atoms with E-state index in [0.29, 0.717) is 11.0 Å². The van der Waals surface area contributed by atoms with Crippen LogP contribution in [-0.4, -0.2) is 10.9 Å². The number of aromatic nitrogens is 1. The highest BCUT2D eigenvalue weighted by atomic mass is 32.1. The van der Waals surface area contributed by atoms with Gasteiger partial charge < -0.3 is 0 Å². The minimum absolute atomic E-state index is 0.00976. The number of hydrogen-bond acceptors (Lipinski definition) is 3. The van der Waals surface area contributed by atoms with Crippen molar-refractivity contribution in [2.45, 2.75) is 19.8 Å². The molecule has 1 aromatic heterocycles. The van der Waals surface area contributed by atoms with Gasteiger partial charge in [-0.3, -0.25) is 10.1 Å². The summed E-state index contributed by atoms with van der Waals surface area (Å²) in [6.45, 7) is 4.29. The van der Waals surface area contributed by atoms with Crippen molar-refractivity contribution in [3.8, 4) is 11.3 Å². The normalized spacial score (nSPS) is 10.8. The number of anilines is 1. The molecule has 1 heterocycles. The van der Waals surface area contributed by atoms with Gasteiger partial charge in [0.2, 0.25) is 0 Å². The first-order valence-electron chi connectivity index (χ1n) is 7.66. The van der Waals surface area contributed by atoms with Crippen LogP contribution in [0.25, 0.3) is 11.3 Å². The van der Waals surface area contributed by atoms with Gasteiger partial charge in [0.25, 0.3) is 5.91 Å². The van der Waals surface area contributed by atoms with Crippen molar-refractivity contribution >= 4 is 22.4 Å². The Morgan fingerprint density at radius 2 is 1.83 bits per heavy atom. The van der Waals surface area contributed by atoms with Crippen LogP contribution in [0.2, 0.25) is 0 Å². The Bertz CT molecular complexity index is 856. The van der Waals surface area contributed by atoms with Crippen LogP contribution >= 0.6 is 11.3 Å². The van der Waals surface area contributed by atoms with E-state index in [1.165, 1.54) is 29.0 Å². The molecule has 0 saturated heterocycles. The van der Waals surface area contributed by atoms with E-state index in [0.717, 1.165) is 11.3 Å². The van der Waals surface area contributed by atoms with E-state index in [4.69, 9.17) is 0 Å². The Labute approximate surface area is 144 Å². The Kier molecular flexibility index (Phi) is 4.71. The van der Waals surface area contributed by atoms with Crippen molar-refractivity contribution in [1.82, 2.24) is 4.98 Å². The minimum atomic E-state index is -0.545. The van der Waals surface area contributed by atoms with E-state index >= 15 is 0 Å². The number of nitrogens with zero attached hydrogens (tertiary/aromatic N) is 1. The number of nitrogens with one attached hydrogen (secondary N) is 1. The predicted molar refractivity (Wildman–Crippen MR) is 96.0 cm³/mol. The van der Waals surface area contributed by atoms with Gasteiger partial charge >= 0.3 is 0 Å². The predicted octanol–water partition coefficient (Wildman–Crippen LogP) is 5.32. The number of carbonyl (C=O) groups excluding carboxylic acids is 1. The van der Waals surface area contributed by atoms with E-state index < -0.39 is 11.7 Å². The highest BCUT2D eigenvalue weighted by Crippen LogP contribution is 2.27. The summed E-state index contributed by atoms with van der Waals surface area (Å²) in [5.74, 6) is -0.565. The molecule has 0 atom stereocenters. The maximum Gasteiger partial charge on any atom is 0.260 e. The second-order valence-corrected chi connectivity index (χ2v) is 6.61. The highest BCUT2D eigenvalue weighted by molar-refractivity contribution is 7.14. The number of carbonyl (C=O) groups is 1. The first kappa shape index (κ1) is 16.3. The lowest BCUT2D eigenvalue weighted by atomic mass is 10.0. The molecule has 0 bridgehead atoms. The van der Waals surface area contributed by atoms with Gasteiger partial charge in [0.15, 0.2) is 5.13 Å². The Hall–Kier alpha value is -2.53. The van der Waals surface area contributed by atoms with Gasteiger partial charge in [0.05, 0.1) is 11.3 Å². The average molecular weight is 340 g/mol. The van der Waals surface area contributed by atoms with Gasteiger partial charge in [-0.15, -0.1) is 11.3 Å². The van der Waals surface area contributed by atoms with Gasteiger partial charge in [-0.25, -0.2) is 9.37 Å². The zero-order valence-electron chi connectivity index (χ0n) is 13.4. The van der Waals surface area contributed by atoms with E-state index in [-0.39, 0.29) is 5.56 Å². The van der Waals surface area contributed by atoms with Crippen molar-refractivity contribution in [2.75, 3.05) is 5.32 Å². The maximum absolute atomic E-state index is 13.6. The highest BCUT2D eigenvalue weighted by Gasteiger charge is 2.13. The number of rotatable bonds is 4. The maximum atomic E-state index is 13.6. The molecule has 3 aromatic rings. The molecule has 0 saturated carbocycles. The van der Waals surface area contributed by atoms with E-state index in [1.807, 2.05) is 17.5 Å². The molecule has 3 nitrogen and oxygen atoms in total. The third-order valence-corrected chi connectivity index (χ3v) is 4.47. The van der Waals surface area contributed by atoms with Crippen LogP contribution in [0.15, 0.2) is 53.9 Å². The summed E-state index contributed by atoms with van der Waals surface area (Å²) in [6, 6.07) is 14.1. The Morgan fingerprint density at radius 1 is 1.12 bits per heavy atom. The van der Waals surface area contributed by atoms with E-state index in [2.05, 4.69) is 36.3 Å². The number of halogens is 1. The molecule has 3 rings (SSSR count). The molecule has 2 aromatic carbocycles. The smallest absolute Gasteiger partial charge is 0.260 e. The zero-order valence-corrected chi connectivity index (χ0v) is 14.2. The SMILES string of the molecule is CC(C)c1ccc(-c2csc(NC(=O)c3ccccc3F)n2)cc1. The molecular formula is C19H17FN2OS. The lowest BCUT2D eigenvalue weighted by molar-refractivity contribution is 0.102. The molecule has 24 heavy (non-hydrogen) atoms. The van der Waals surface area contributed by atoms with Crippen LogP contribution in [0.4, 0.5) is 9.52 Å². The third-order valence-electron chi connectivity index (χ3n) is 3.72. The van der Waals surface area contributed by atoms with Crippen LogP contribution in [0.1, 0.15) is 35.7 Å². The summed E-state index contributed by atoms with van der Waals surface area (Å²) in [4.78, 5) is 16.5. The summed E-state index contributed by atoms with van der Waals surface area (Å²) >= 11 is 1.32. The summed E-state index contributed by atoms with van der Waals surface area (Å²) in [5, 5.41) is 4.97. The molecule has 0 unspecified atom stereocenters. The molecule has 0 aliphatic carbocycles. The van der Waals surface area contributed by atoms with Crippen molar-refractivity contribution < 1.29 is 9.18 Å². The van der Waals surface area contributed by atoms with Gasteiger partial charge in [0, 0.05) is 10.9 Å². The first-order chi connectivity index (χ1) is 11.5. The molecular weight excluding hydrogens is 323 g/mol. The van der Waals surface area contributed by atoms with Crippen LogP contribution in [-0.2, 0) is 0 Å². The van der Waals surface area contributed by atoms with Gasteiger partial charge in [-0.2, -0.15) is 0 Å². The Morgan fingerprint density at radius 3 is 2.50 bits per heavy atom. The quantitative estimate of drug-likeness (QED) is 0.698. The Balaban J connectivity index is 1.76. The molecule has 0 fully saturated rings. The summed E-state index contributed by atoms with van der Waals surface area (Å²) < 4.78 is 13.6. The van der Waals surface area contributed by atoms with Crippen LogP contribution in [0.5, 0.6) is 0 Å². The fourth-order valence-electron chi connectivity index (χ4n) is 2.31. The lowest BCUT2D eigenvalue weighted by Crippen LogP contribution is -2.13. The first-order valence-corrected chi connectivity index (χ1v) is 8.54. The topological polar surface area (TPSA) is 42.0 Å². The summed E-state index contributed by atoms with van der Waals surface area (Å²) in [6.07, 6.45) is 0. The number of thiazole rings is 1. The molecule has 0 radical (unpaired) electrons. The fraction of sp³-hybridized carbons (Fsp3) is 0.158. The average Bonchev–Trinajstić information content (AvgIpc) is 3.03. The second kappa shape index (κ2) is 6.93. The van der Waals surface area contributed by atoms with E-state index in [9.17, 15) is 9.18 Å². The zero-order chi connectivity index (χ0) is 17.1. The lowest BCUT2D eigenvalue weighted by Gasteiger charge is -2.05. The van der Waals surface area contributed by atoms with Gasteiger partial charge in [-0.05, 0) is 23.6 Å². The van der Waals surface area contributed by atoms with Gasteiger partial charge in [0.1, 0.15) is 5.82 Å². The monoisotopic (exact) mass is 340 g/mol. The molecule has 0 aliphatic heterocycles. The standard InChI is InChI=1S/C19H17FN2OS/c1-12(2)13-7-9-14(10-8-13)17-11-24-19(21-17)22-18(23)15-5-3-4-6-16(15)20/h3-12H,1-2H3,(H,21,22,23). The van der Waals surface area contributed by atoms with Crippen LogP contribution in [0, 0.1) is 5.82 Å². The molecule has 122 valence electrons. The van der Waals surface area contributed by atoms with Crippen molar-refractivity contribution in [2.24, 2.45) is 0 Å². The molecule has 1 N–H and O–H groups in total. The molecule has 1 amide bonds. The molecule has 0 spiro atoms. The van der Waals surface area contributed by atoms with E-state index in [1.54, 1.807) is 12.1 Å². The second-order valence-electron chi connectivity index (χ2n) is 5.75. The largest absolute Gasteiger partial charge is 0.298 e. The molecule has 0 aliphatic rings. The third kappa shape index (κ3) is 3.51. The number of amides is 1. The number of benzene rings is 2.